The maximum Gasteiger partial charge on any atom is 0.358 e. The molecule has 3 aromatic heterocycles. The van der Waals surface area contributed by atoms with Crippen molar-refractivity contribution in [3.63, 3.8) is 0 Å². The number of carboxylic acids is 1. The standard InChI is InChI=1S/C22H27N5O5/c1-21(2,3)32-20(30)22(4,5)31-17-8-14(13-6-7-13)9-26-10-15(23-18(17)26)11-27-12-16(19(28)29)24-25-27/h8-10,12-13H,6-7,11H2,1-5H3,(H,28,29). The molecule has 10 nitrogen and oxygen atoms in total. The van der Waals surface area contributed by atoms with Crippen LogP contribution in [0.3, 0.4) is 0 Å². The topological polar surface area (TPSA) is 121 Å². The molecular weight excluding hydrogens is 414 g/mol. The van der Waals surface area contributed by atoms with Crippen LogP contribution in [0.5, 0.6) is 5.75 Å². The number of carboxylic acid groups (broad SMARTS) is 1. The van der Waals surface area contributed by atoms with Gasteiger partial charge in [0.1, 0.15) is 5.60 Å². The Labute approximate surface area is 185 Å². The number of aromatic nitrogens is 5. The van der Waals surface area contributed by atoms with Gasteiger partial charge in [0.15, 0.2) is 22.7 Å². The second kappa shape index (κ2) is 7.61. The van der Waals surface area contributed by atoms with Gasteiger partial charge < -0.3 is 19.0 Å². The number of fused-ring (bicyclic) bond motifs is 1. The van der Waals surface area contributed by atoms with Gasteiger partial charge in [-0.3, -0.25) is 0 Å². The molecule has 0 atom stereocenters. The van der Waals surface area contributed by atoms with E-state index in [1.165, 1.54) is 10.9 Å². The van der Waals surface area contributed by atoms with Crippen LogP contribution in [-0.2, 0) is 16.1 Å². The number of hydrogen-bond donors (Lipinski definition) is 1. The molecule has 1 saturated carbocycles. The Bertz CT molecular complexity index is 1180. The molecule has 1 aliphatic rings. The molecule has 1 N–H and O–H groups in total. The van der Waals surface area contributed by atoms with E-state index in [0.29, 0.717) is 23.0 Å². The number of carbonyl (C=O) groups excluding carboxylic acids is 1. The van der Waals surface area contributed by atoms with Crippen molar-refractivity contribution < 1.29 is 24.2 Å². The highest BCUT2D eigenvalue weighted by Gasteiger charge is 2.36. The number of hydrogen-bond acceptors (Lipinski definition) is 7. The normalized spacial score (nSPS) is 14.5. The fourth-order valence-electron chi connectivity index (χ4n) is 3.29. The molecule has 3 heterocycles. The first-order valence-corrected chi connectivity index (χ1v) is 10.5. The van der Waals surface area contributed by atoms with E-state index < -0.39 is 23.1 Å². The Morgan fingerprint density at radius 1 is 1.16 bits per heavy atom. The average Bonchev–Trinajstić information content (AvgIpc) is 3.27. The molecule has 0 aliphatic heterocycles. The fourth-order valence-corrected chi connectivity index (χ4v) is 3.29. The van der Waals surface area contributed by atoms with Gasteiger partial charge >= 0.3 is 11.9 Å². The number of carbonyl (C=O) groups is 2. The van der Waals surface area contributed by atoms with Crippen LogP contribution in [0.2, 0.25) is 0 Å². The molecule has 0 aromatic carbocycles. The Balaban J connectivity index is 1.66. The van der Waals surface area contributed by atoms with Gasteiger partial charge in [-0.15, -0.1) is 5.10 Å². The SMILES string of the molecule is CC(C)(C)OC(=O)C(C)(C)Oc1cc(C2CC2)cn2cc(Cn3cc(C(=O)O)nn3)nc12. The lowest BCUT2D eigenvalue weighted by atomic mass is 10.1. The van der Waals surface area contributed by atoms with Crippen molar-refractivity contribution in [1.29, 1.82) is 0 Å². The van der Waals surface area contributed by atoms with Crippen molar-refractivity contribution in [2.45, 2.75) is 71.1 Å². The van der Waals surface area contributed by atoms with E-state index in [4.69, 9.17) is 14.6 Å². The van der Waals surface area contributed by atoms with Crippen LogP contribution >= 0.6 is 0 Å². The van der Waals surface area contributed by atoms with Gasteiger partial charge in [0, 0.05) is 12.4 Å². The van der Waals surface area contributed by atoms with E-state index in [2.05, 4.69) is 15.3 Å². The smallest absolute Gasteiger partial charge is 0.358 e. The Hall–Kier alpha value is -3.43. The van der Waals surface area contributed by atoms with E-state index in [0.717, 1.165) is 18.4 Å². The zero-order chi connectivity index (χ0) is 23.3. The van der Waals surface area contributed by atoms with E-state index in [1.807, 2.05) is 43.6 Å². The number of aromatic carboxylic acids is 1. The Morgan fingerprint density at radius 2 is 1.88 bits per heavy atom. The first-order chi connectivity index (χ1) is 14.9. The molecule has 32 heavy (non-hydrogen) atoms. The highest BCUT2D eigenvalue weighted by molar-refractivity contribution is 5.84. The first-order valence-electron chi connectivity index (χ1n) is 10.5. The molecule has 0 spiro atoms. The summed E-state index contributed by atoms with van der Waals surface area (Å²) in [5.41, 5.74) is 0.345. The van der Waals surface area contributed by atoms with Crippen LogP contribution in [0.4, 0.5) is 0 Å². The second-order valence-corrected chi connectivity index (χ2v) is 9.60. The minimum absolute atomic E-state index is 0.132. The van der Waals surface area contributed by atoms with Crippen molar-refractivity contribution >= 4 is 17.6 Å². The van der Waals surface area contributed by atoms with Crippen molar-refractivity contribution in [3.05, 3.63) is 41.6 Å². The van der Waals surface area contributed by atoms with Gasteiger partial charge in [-0.1, -0.05) is 5.21 Å². The zero-order valence-electron chi connectivity index (χ0n) is 18.8. The highest BCUT2D eigenvalue weighted by atomic mass is 16.6. The predicted molar refractivity (Wildman–Crippen MR) is 114 cm³/mol. The van der Waals surface area contributed by atoms with Crippen LogP contribution in [0.15, 0.2) is 24.7 Å². The van der Waals surface area contributed by atoms with Crippen molar-refractivity contribution in [3.8, 4) is 5.75 Å². The third-order valence-corrected chi connectivity index (χ3v) is 4.97. The number of nitrogens with zero attached hydrogens (tertiary/aromatic N) is 5. The first kappa shape index (κ1) is 21.8. The summed E-state index contributed by atoms with van der Waals surface area (Å²) in [5, 5.41) is 16.5. The monoisotopic (exact) mass is 441 g/mol. The largest absolute Gasteiger partial charge is 0.476 e. The van der Waals surface area contributed by atoms with Crippen LogP contribution in [0, 0.1) is 0 Å². The summed E-state index contributed by atoms with van der Waals surface area (Å²) in [4.78, 5) is 28.4. The molecule has 1 aliphatic carbocycles. The lowest BCUT2D eigenvalue weighted by Gasteiger charge is -2.29. The zero-order valence-corrected chi connectivity index (χ0v) is 18.8. The average molecular weight is 441 g/mol. The molecule has 1 fully saturated rings. The summed E-state index contributed by atoms with van der Waals surface area (Å²) in [5.74, 6) is -0.650. The summed E-state index contributed by atoms with van der Waals surface area (Å²) in [6.45, 7) is 9.03. The summed E-state index contributed by atoms with van der Waals surface area (Å²) in [6.07, 6.45) is 7.43. The number of esters is 1. The summed E-state index contributed by atoms with van der Waals surface area (Å²) in [6, 6.07) is 1.94. The molecule has 170 valence electrons. The van der Waals surface area contributed by atoms with Crippen LogP contribution in [0.1, 0.15) is 75.1 Å². The molecule has 0 unspecified atom stereocenters. The second-order valence-electron chi connectivity index (χ2n) is 9.60. The number of ether oxygens (including phenoxy) is 2. The maximum absolute atomic E-state index is 12.7. The van der Waals surface area contributed by atoms with E-state index in [9.17, 15) is 9.59 Å². The minimum atomic E-state index is -1.22. The third-order valence-electron chi connectivity index (χ3n) is 4.97. The van der Waals surface area contributed by atoms with Gasteiger partial charge in [0.25, 0.3) is 0 Å². The van der Waals surface area contributed by atoms with E-state index in [-0.39, 0.29) is 12.2 Å². The Morgan fingerprint density at radius 3 is 2.47 bits per heavy atom. The predicted octanol–water partition coefficient (Wildman–Crippen LogP) is 3.05. The Kier molecular flexibility index (Phi) is 5.18. The van der Waals surface area contributed by atoms with Gasteiger partial charge in [0.05, 0.1) is 18.4 Å². The molecule has 0 bridgehead atoms. The van der Waals surface area contributed by atoms with Crippen LogP contribution in [-0.4, -0.2) is 52.6 Å². The van der Waals surface area contributed by atoms with Crippen molar-refractivity contribution in [2.75, 3.05) is 0 Å². The van der Waals surface area contributed by atoms with Gasteiger partial charge in [-0.05, 0) is 65.0 Å². The lowest BCUT2D eigenvalue weighted by Crippen LogP contribution is -2.43. The lowest BCUT2D eigenvalue weighted by molar-refractivity contribution is -0.170. The van der Waals surface area contributed by atoms with Crippen LogP contribution < -0.4 is 4.74 Å². The van der Waals surface area contributed by atoms with Gasteiger partial charge in [0.2, 0.25) is 0 Å². The van der Waals surface area contributed by atoms with Gasteiger partial charge in [-0.25, -0.2) is 19.3 Å². The fraction of sp³-hybridized carbons (Fsp3) is 0.500. The maximum atomic E-state index is 12.7. The third kappa shape index (κ3) is 4.74. The molecule has 10 heteroatoms. The minimum Gasteiger partial charge on any atom is -0.476 e. The highest BCUT2D eigenvalue weighted by Crippen LogP contribution is 2.42. The molecule has 4 rings (SSSR count). The number of imidazole rings is 1. The number of rotatable bonds is 7. The van der Waals surface area contributed by atoms with E-state index in [1.54, 1.807) is 13.8 Å². The number of pyridine rings is 1. The summed E-state index contributed by atoms with van der Waals surface area (Å²) < 4.78 is 15.0. The van der Waals surface area contributed by atoms with Crippen LogP contribution in [0.25, 0.3) is 5.65 Å². The molecule has 0 amide bonds. The molecule has 3 aromatic rings. The molecular formula is C22H27N5O5. The molecule has 0 saturated heterocycles. The summed E-state index contributed by atoms with van der Waals surface area (Å²) in [7, 11) is 0. The van der Waals surface area contributed by atoms with Crippen molar-refractivity contribution in [2.24, 2.45) is 0 Å². The quantitative estimate of drug-likeness (QED) is 0.556. The summed E-state index contributed by atoms with van der Waals surface area (Å²) >= 11 is 0. The van der Waals surface area contributed by atoms with E-state index >= 15 is 0 Å². The van der Waals surface area contributed by atoms with Gasteiger partial charge in [-0.2, -0.15) is 0 Å². The molecule has 0 radical (unpaired) electrons. The van der Waals surface area contributed by atoms with Crippen molar-refractivity contribution in [1.82, 2.24) is 24.4 Å².